The van der Waals surface area contributed by atoms with Gasteiger partial charge < -0.3 is 24.6 Å². The molecule has 1 N–H and O–H groups in total. The van der Waals surface area contributed by atoms with E-state index in [9.17, 15) is 9.18 Å². The Labute approximate surface area is 153 Å². The first-order valence-electron chi connectivity index (χ1n) is 9.54. The molecule has 3 fully saturated rings. The van der Waals surface area contributed by atoms with E-state index in [0.717, 1.165) is 44.5 Å². The predicted molar refractivity (Wildman–Crippen MR) is 97.2 cm³/mol. The van der Waals surface area contributed by atoms with Crippen LogP contribution in [0.25, 0.3) is 0 Å². The van der Waals surface area contributed by atoms with Crippen molar-refractivity contribution in [1.82, 2.24) is 4.90 Å². The van der Waals surface area contributed by atoms with Crippen molar-refractivity contribution in [2.45, 2.75) is 37.8 Å². The van der Waals surface area contributed by atoms with Crippen LogP contribution in [-0.4, -0.2) is 62.5 Å². The number of benzene rings is 1. The van der Waals surface area contributed by atoms with Gasteiger partial charge in [-0.15, -0.1) is 0 Å². The number of carbonyl (C=O) groups is 1. The van der Waals surface area contributed by atoms with E-state index in [2.05, 4.69) is 10.2 Å². The Morgan fingerprint density at radius 1 is 1.12 bits per heavy atom. The number of nitrogens with one attached hydrogen (secondary N) is 1. The number of anilines is 2. The molecule has 0 aromatic heterocycles. The molecular formula is C19H26FN3O3. The smallest absolute Gasteiger partial charge is 0.322 e. The third kappa shape index (κ3) is 3.64. The number of hydrogen-bond acceptors (Lipinski definition) is 4. The molecule has 0 radical (unpaired) electrons. The molecule has 0 bridgehead atoms. The second kappa shape index (κ2) is 7.80. The molecule has 3 saturated heterocycles. The molecule has 6 nitrogen and oxygen atoms in total. The molecule has 7 heteroatoms. The zero-order chi connectivity index (χ0) is 17.9. The zero-order valence-electron chi connectivity index (χ0n) is 15.0. The molecule has 4 rings (SSSR count). The minimum absolute atomic E-state index is 0.121. The third-order valence-electron chi connectivity index (χ3n) is 5.51. The standard InChI is InChI=1S/C19H26FN3O3/c20-14-5-6-15(17(13-14)22-8-11-25-12-9-22)21-19(24)23-7-1-3-16(23)18-4-2-10-26-18/h5-6,13,16,18H,1-4,7-12H2,(H,21,24). The van der Waals surface area contributed by atoms with Gasteiger partial charge in [0.25, 0.3) is 0 Å². The van der Waals surface area contributed by atoms with Crippen LogP contribution in [0.4, 0.5) is 20.6 Å². The molecule has 142 valence electrons. The molecule has 0 saturated carbocycles. The summed E-state index contributed by atoms with van der Waals surface area (Å²) < 4.78 is 25.0. The van der Waals surface area contributed by atoms with Crippen molar-refractivity contribution in [3.63, 3.8) is 0 Å². The second-order valence-electron chi connectivity index (χ2n) is 7.15. The van der Waals surface area contributed by atoms with Gasteiger partial charge in [-0.2, -0.15) is 0 Å². The molecule has 1 aromatic carbocycles. The highest BCUT2D eigenvalue weighted by molar-refractivity contribution is 5.93. The molecule has 2 amide bonds. The number of rotatable bonds is 3. The van der Waals surface area contributed by atoms with Crippen molar-refractivity contribution in [1.29, 1.82) is 0 Å². The monoisotopic (exact) mass is 363 g/mol. The summed E-state index contributed by atoms with van der Waals surface area (Å²) in [4.78, 5) is 16.9. The fraction of sp³-hybridized carbons (Fsp3) is 0.632. The molecule has 3 aliphatic heterocycles. The second-order valence-corrected chi connectivity index (χ2v) is 7.15. The summed E-state index contributed by atoms with van der Waals surface area (Å²) in [5.41, 5.74) is 1.37. The van der Waals surface area contributed by atoms with E-state index < -0.39 is 0 Å². The minimum atomic E-state index is -0.303. The highest BCUT2D eigenvalue weighted by Crippen LogP contribution is 2.31. The normalized spacial score (nSPS) is 26.3. The largest absolute Gasteiger partial charge is 0.378 e. The molecule has 1 aromatic rings. The quantitative estimate of drug-likeness (QED) is 0.897. The first kappa shape index (κ1) is 17.5. The van der Waals surface area contributed by atoms with Crippen LogP contribution in [0.5, 0.6) is 0 Å². The first-order valence-corrected chi connectivity index (χ1v) is 9.54. The number of ether oxygens (including phenoxy) is 2. The highest BCUT2D eigenvalue weighted by atomic mass is 19.1. The summed E-state index contributed by atoms with van der Waals surface area (Å²) in [5.74, 6) is -0.303. The fourth-order valence-electron chi connectivity index (χ4n) is 4.20. The lowest BCUT2D eigenvalue weighted by Gasteiger charge is -2.32. The van der Waals surface area contributed by atoms with Gasteiger partial charge in [0.15, 0.2) is 0 Å². The van der Waals surface area contributed by atoms with E-state index in [0.29, 0.717) is 32.0 Å². The van der Waals surface area contributed by atoms with Crippen molar-refractivity contribution >= 4 is 17.4 Å². The van der Waals surface area contributed by atoms with Crippen LogP contribution < -0.4 is 10.2 Å². The Morgan fingerprint density at radius 3 is 2.73 bits per heavy atom. The Balaban J connectivity index is 1.50. The Bertz CT molecular complexity index is 645. The number of amides is 2. The summed E-state index contributed by atoms with van der Waals surface area (Å²) in [6, 6.07) is 4.55. The molecule has 2 unspecified atom stereocenters. The van der Waals surface area contributed by atoms with Crippen molar-refractivity contribution in [3.8, 4) is 0 Å². The number of carbonyl (C=O) groups excluding carboxylic acids is 1. The Hall–Kier alpha value is -1.86. The first-order chi connectivity index (χ1) is 12.7. The third-order valence-corrected chi connectivity index (χ3v) is 5.51. The van der Waals surface area contributed by atoms with Crippen LogP contribution in [0.15, 0.2) is 18.2 Å². The van der Waals surface area contributed by atoms with Crippen molar-refractivity contribution in [2.75, 3.05) is 49.7 Å². The van der Waals surface area contributed by atoms with Crippen LogP contribution >= 0.6 is 0 Å². The predicted octanol–water partition coefficient (Wildman–Crippen LogP) is 2.84. The van der Waals surface area contributed by atoms with E-state index in [-0.39, 0.29) is 24.0 Å². The summed E-state index contributed by atoms with van der Waals surface area (Å²) in [7, 11) is 0. The average molecular weight is 363 g/mol. The molecule has 26 heavy (non-hydrogen) atoms. The van der Waals surface area contributed by atoms with Crippen LogP contribution in [0, 0.1) is 5.82 Å². The Kier molecular flexibility index (Phi) is 5.26. The number of hydrogen-bond donors (Lipinski definition) is 1. The summed E-state index contributed by atoms with van der Waals surface area (Å²) in [6.45, 7) is 4.12. The van der Waals surface area contributed by atoms with E-state index in [4.69, 9.17) is 9.47 Å². The lowest BCUT2D eigenvalue weighted by Crippen LogP contribution is -2.45. The van der Waals surface area contributed by atoms with E-state index in [1.807, 2.05) is 4.90 Å². The van der Waals surface area contributed by atoms with Crippen LogP contribution in [0.2, 0.25) is 0 Å². The van der Waals surface area contributed by atoms with Crippen molar-refractivity contribution in [3.05, 3.63) is 24.0 Å². The molecule has 0 aliphatic carbocycles. The maximum atomic E-state index is 13.8. The van der Waals surface area contributed by atoms with Gasteiger partial charge in [0.1, 0.15) is 5.82 Å². The maximum absolute atomic E-state index is 13.8. The number of halogens is 1. The van der Waals surface area contributed by atoms with Gasteiger partial charge in [0, 0.05) is 26.2 Å². The lowest BCUT2D eigenvalue weighted by atomic mass is 10.1. The van der Waals surface area contributed by atoms with Gasteiger partial charge in [0.05, 0.1) is 36.7 Å². The molecule has 3 heterocycles. The summed E-state index contributed by atoms with van der Waals surface area (Å²) >= 11 is 0. The number of likely N-dealkylation sites (tertiary alicyclic amines) is 1. The fourth-order valence-corrected chi connectivity index (χ4v) is 4.20. The molecular weight excluding hydrogens is 337 g/mol. The van der Waals surface area contributed by atoms with Crippen molar-refractivity contribution in [2.24, 2.45) is 0 Å². The van der Waals surface area contributed by atoms with Gasteiger partial charge >= 0.3 is 6.03 Å². The van der Waals surface area contributed by atoms with Crippen LogP contribution in [0.1, 0.15) is 25.7 Å². The topological polar surface area (TPSA) is 54.0 Å². The number of urea groups is 1. The highest BCUT2D eigenvalue weighted by Gasteiger charge is 2.37. The van der Waals surface area contributed by atoms with E-state index in [1.54, 1.807) is 6.07 Å². The van der Waals surface area contributed by atoms with E-state index in [1.165, 1.54) is 12.1 Å². The van der Waals surface area contributed by atoms with Gasteiger partial charge in [-0.1, -0.05) is 0 Å². The van der Waals surface area contributed by atoms with Crippen LogP contribution in [0.3, 0.4) is 0 Å². The minimum Gasteiger partial charge on any atom is -0.378 e. The SMILES string of the molecule is O=C(Nc1ccc(F)cc1N1CCOCC1)N1CCCC1C1CCCO1. The van der Waals surface area contributed by atoms with Crippen LogP contribution in [-0.2, 0) is 9.47 Å². The average Bonchev–Trinajstić information content (AvgIpc) is 3.35. The molecule has 0 spiro atoms. The van der Waals surface area contributed by atoms with Gasteiger partial charge in [-0.25, -0.2) is 9.18 Å². The van der Waals surface area contributed by atoms with Gasteiger partial charge in [0.2, 0.25) is 0 Å². The Morgan fingerprint density at radius 2 is 1.96 bits per heavy atom. The maximum Gasteiger partial charge on any atom is 0.322 e. The number of morpholine rings is 1. The zero-order valence-corrected chi connectivity index (χ0v) is 15.0. The lowest BCUT2D eigenvalue weighted by molar-refractivity contribution is 0.0543. The summed E-state index contributed by atoms with van der Waals surface area (Å²) in [5, 5.41) is 3.01. The van der Waals surface area contributed by atoms with Crippen molar-refractivity contribution < 1.29 is 18.7 Å². The molecule has 3 aliphatic rings. The molecule has 2 atom stereocenters. The van der Waals surface area contributed by atoms with E-state index >= 15 is 0 Å². The number of nitrogens with zero attached hydrogens (tertiary/aromatic N) is 2. The summed E-state index contributed by atoms with van der Waals surface area (Å²) in [6.07, 6.45) is 4.21. The van der Waals surface area contributed by atoms with Gasteiger partial charge in [-0.3, -0.25) is 0 Å². The van der Waals surface area contributed by atoms with Gasteiger partial charge in [-0.05, 0) is 43.9 Å².